The van der Waals surface area contributed by atoms with Crippen molar-refractivity contribution >= 4 is 11.8 Å². The van der Waals surface area contributed by atoms with Gasteiger partial charge in [0.2, 0.25) is 0 Å². The van der Waals surface area contributed by atoms with Crippen molar-refractivity contribution in [2.45, 2.75) is 25.1 Å². The SMILES string of the molecule is COCCN1CC(NC(=O)Nc2c(C)c(-c3nc(C(F)(F)F)no3)nn2-c2ccccc2)C(c2ccc(F)c(F)c2)C1. The molecule has 1 aliphatic rings. The number of rotatable bonds is 8. The molecule has 1 saturated heterocycles. The zero-order chi connectivity index (χ0) is 30.0. The Labute approximate surface area is 236 Å². The van der Waals surface area contributed by atoms with Gasteiger partial charge in [-0.15, -0.1) is 0 Å². The van der Waals surface area contributed by atoms with Crippen molar-refractivity contribution in [1.29, 1.82) is 0 Å². The summed E-state index contributed by atoms with van der Waals surface area (Å²) >= 11 is 0. The van der Waals surface area contributed by atoms with Gasteiger partial charge in [0.15, 0.2) is 17.3 Å². The van der Waals surface area contributed by atoms with Crippen LogP contribution in [0.4, 0.5) is 32.6 Å². The van der Waals surface area contributed by atoms with Crippen molar-refractivity contribution in [3.63, 3.8) is 0 Å². The van der Waals surface area contributed by atoms with E-state index in [0.717, 1.165) is 12.1 Å². The van der Waals surface area contributed by atoms with E-state index in [1.54, 1.807) is 44.4 Å². The fourth-order valence-electron chi connectivity index (χ4n) is 4.86. The van der Waals surface area contributed by atoms with Gasteiger partial charge >= 0.3 is 12.2 Å². The van der Waals surface area contributed by atoms with Gasteiger partial charge < -0.3 is 14.6 Å². The Bertz CT molecular complexity index is 1560. The van der Waals surface area contributed by atoms with Crippen LogP contribution in [0.25, 0.3) is 17.3 Å². The van der Waals surface area contributed by atoms with E-state index >= 15 is 0 Å². The summed E-state index contributed by atoms with van der Waals surface area (Å²) in [7, 11) is 1.57. The normalized spacial score (nSPS) is 17.5. The summed E-state index contributed by atoms with van der Waals surface area (Å²) in [5.41, 5.74) is 1.24. The molecule has 2 aromatic carbocycles. The number of amides is 2. The summed E-state index contributed by atoms with van der Waals surface area (Å²) < 4.78 is 78.3. The van der Waals surface area contributed by atoms with E-state index in [0.29, 0.717) is 37.5 Å². The molecule has 42 heavy (non-hydrogen) atoms. The summed E-state index contributed by atoms with van der Waals surface area (Å²) in [6.45, 7) is 3.41. The second-order valence-electron chi connectivity index (χ2n) is 9.73. The quantitative estimate of drug-likeness (QED) is 0.284. The molecule has 2 atom stereocenters. The number of anilines is 1. The van der Waals surface area contributed by atoms with Crippen molar-refractivity contribution in [2.24, 2.45) is 0 Å². The first kappa shape index (κ1) is 29.1. The van der Waals surface area contributed by atoms with Gasteiger partial charge in [0, 0.05) is 38.2 Å². The highest BCUT2D eigenvalue weighted by Gasteiger charge is 2.38. The zero-order valence-electron chi connectivity index (χ0n) is 22.5. The van der Waals surface area contributed by atoms with Gasteiger partial charge in [-0.2, -0.15) is 23.3 Å². The van der Waals surface area contributed by atoms with Crippen molar-refractivity contribution in [1.82, 2.24) is 30.1 Å². The van der Waals surface area contributed by atoms with E-state index in [2.05, 4.69) is 25.9 Å². The van der Waals surface area contributed by atoms with Crippen LogP contribution in [0, 0.1) is 18.6 Å². The molecule has 4 aromatic rings. The lowest BCUT2D eigenvalue weighted by molar-refractivity contribution is -0.146. The fourth-order valence-corrected chi connectivity index (χ4v) is 4.86. The number of aromatic nitrogens is 4. The number of halogens is 5. The summed E-state index contributed by atoms with van der Waals surface area (Å²) in [6.07, 6.45) is -4.82. The molecule has 222 valence electrons. The van der Waals surface area contributed by atoms with Crippen molar-refractivity contribution in [3.8, 4) is 17.3 Å². The van der Waals surface area contributed by atoms with Gasteiger partial charge in [-0.3, -0.25) is 10.2 Å². The Morgan fingerprint density at radius 3 is 2.55 bits per heavy atom. The molecule has 1 aliphatic heterocycles. The average molecular weight is 592 g/mol. The molecule has 0 aliphatic carbocycles. The molecule has 10 nitrogen and oxygen atoms in total. The lowest BCUT2D eigenvalue weighted by atomic mass is 9.94. The number of nitrogens with zero attached hydrogens (tertiary/aromatic N) is 5. The van der Waals surface area contributed by atoms with Gasteiger partial charge in [0.05, 0.1) is 18.3 Å². The number of nitrogens with one attached hydrogen (secondary N) is 2. The van der Waals surface area contributed by atoms with Crippen LogP contribution in [0.5, 0.6) is 0 Å². The van der Waals surface area contributed by atoms with Crippen LogP contribution in [0.3, 0.4) is 0 Å². The van der Waals surface area contributed by atoms with Crippen LogP contribution in [-0.4, -0.2) is 70.2 Å². The van der Waals surface area contributed by atoms with Gasteiger partial charge in [-0.05, 0) is 36.8 Å². The molecule has 15 heteroatoms. The van der Waals surface area contributed by atoms with Crippen molar-refractivity contribution in [2.75, 3.05) is 38.7 Å². The summed E-state index contributed by atoms with van der Waals surface area (Å²) in [4.78, 5) is 18.8. The predicted octanol–water partition coefficient (Wildman–Crippen LogP) is 4.76. The predicted molar refractivity (Wildman–Crippen MR) is 140 cm³/mol. The number of alkyl halides is 3. The van der Waals surface area contributed by atoms with E-state index in [-0.39, 0.29) is 23.0 Å². The minimum absolute atomic E-state index is 0.0524. The molecule has 2 aromatic heterocycles. The Kier molecular flexibility index (Phi) is 8.22. The zero-order valence-corrected chi connectivity index (χ0v) is 22.5. The monoisotopic (exact) mass is 591 g/mol. The molecule has 0 spiro atoms. The molecular formula is C27H26F5N7O3. The molecule has 2 unspecified atom stereocenters. The molecule has 5 rings (SSSR count). The Balaban J connectivity index is 1.43. The molecule has 0 saturated carbocycles. The van der Waals surface area contributed by atoms with Crippen LogP contribution in [0.2, 0.25) is 0 Å². The number of hydrogen-bond donors (Lipinski definition) is 2. The standard InChI is InChI=1S/C27H26F5N7O3/c1-15-22(24-35-25(37-42-24)27(30,31)32)36-39(17-6-4-3-5-7-17)23(15)34-26(40)33-21-14-38(10-11-41-2)13-18(21)16-8-9-19(28)20(29)12-16/h3-9,12,18,21H,10-11,13-14H2,1-2H3,(H2,33,34,40). The molecule has 0 radical (unpaired) electrons. The molecule has 3 heterocycles. The third-order valence-electron chi connectivity index (χ3n) is 6.93. The fraction of sp³-hybridized carbons (Fsp3) is 0.333. The van der Waals surface area contributed by atoms with E-state index in [1.807, 2.05) is 4.90 Å². The van der Waals surface area contributed by atoms with Crippen LogP contribution in [-0.2, 0) is 10.9 Å². The van der Waals surface area contributed by atoms with E-state index in [4.69, 9.17) is 9.26 Å². The third-order valence-corrected chi connectivity index (χ3v) is 6.93. The first-order valence-corrected chi connectivity index (χ1v) is 12.8. The maximum atomic E-state index is 14.1. The van der Waals surface area contributed by atoms with E-state index < -0.39 is 41.6 Å². The second-order valence-corrected chi connectivity index (χ2v) is 9.73. The Morgan fingerprint density at radius 1 is 1.12 bits per heavy atom. The van der Waals surface area contributed by atoms with E-state index in [1.165, 1.54) is 10.7 Å². The topological polar surface area (TPSA) is 110 Å². The number of ether oxygens (including phenoxy) is 1. The van der Waals surface area contributed by atoms with Crippen LogP contribution in [0.1, 0.15) is 22.9 Å². The van der Waals surface area contributed by atoms with Crippen LogP contribution in [0.15, 0.2) is 53.1 Å². The molecule has 2 amide bonds. The molecule has 2 N–H and O–H groups in total. The largest absolute Gasteiger partial charge is 0.455 e. The number of benzene rings is 2. The highest BCUT2D eigenvalue weighted by atomic mass is 19.4. The average Bonchev–Trinajstić information content (AvgIpc) is 3.68. The van der Waals surface area contributed by atoms with Crippen molar-refractivity contribution < 1.29 is 36.0 Å². The number of hydrogen-bond acceptors (Lipinski definition) is 7. The summed E-state index contributed by atoms with van der Waals surface area (Å²) in [6, 6.07) is 11.1. The number of carbonyl (C=O) groups is 1. The third kappa shape index (κ3) is 6.11. The maximum absolute atomic E-state index is 14.1. The van der Waals surface area contributed by atoms with Gasteiger partial charge in [-0.1, -0.05) is 29.4 Å². The van der Waals surface area contributed by atoms with E-state index in [9.17, 15) is 26.7 Å². The lowest BCUT2D eigenvalue weighted by Gasteiger charge is -2.21. The van der Waals surface area contributed by atoms with Crippen molar-refractivity contribution in [3.05, 3.63) is 77.1 Å². The number of para-hydroxylation sites is 1. The number of carbonyl (C=O) groups excluding carboxylic acids is 1. The first-order chi connectivity index (χ1) is 20.0. The number of likely N-dealkylation sites (tertiary alicyclic amines) is 1. The van der Waals surface area contributed by atoms with Crippen LogP contribution < -0.4 is 10.6 Å². The summed E-state index contributed by atoms with van der Waals surface area (Å²) in [5, 5.41) is 13.0. The minimum atomic E-state index is -4.82. The van der Waals surface area contributed by atoms with Gasteiger partial charge in [-0.25, -0.2) is 18.3 Å². The minimum Gasteiger partial charge on any atom is -0.383 e. The maximum Gasteiger partial charge on any atom is 0.455 e. The Morgan fingerprint density at radius 2 is 1.88 bits per heavy atom. The Hall–Kier alpha value is -4.37. The van der Waals surface area contributed by atoms with Gasteiger partial charge in [0.1, 0.15) is 5.82 Å². The number of methoxy groups -OCH3 is 1. The highest BCUT2D eigenvalue weighted by Crippen LogP contribution is 2.33. The molecular weight excluding hydrogens is 565 g/mol. The molecule has 0 bridgehead atoms. The summed E-state index contributed by atoms with van der Waals surface area (Å²) in [5.74, 6) is -4.10. The van der Waals surface area contributed by atoms with Gasteiger partial charge in [0.25, 0.3) is 11.7 Å². The highest BCUT2D eigenvalue weighted by molar-refractivity contribution is 5.91. The first-order valence-electron chi connectivity index (χ1n) is 12.8. The second kappa shape index (κ2) is 11.9. The lowest BCUT2D eigenvalue weighted by Crippen LogP contribution is -2.42. The number of urea groups is 1. The molecule has 1 fully saturated rings. The van der Waals surface area contributed by atoms with Crippen LogP contribution >= 0.6 is 0 Å². The smallest absolute Gasteiger partial charge is 0.383 e.